The Morgan fingerprint density at radius 2 is 1.79 bits per heavy atom. The first-order valence-electron chi connectivity index (χ1n) is 9.09. The van der Waals surface area contributed by atoms with Crippen molar-refractivity contribution in [2.75, 3.05) is 5.32 Å². The average molecular weight is 392 g/mol. The highest BCUT2D eigenvalue weighted by Crippen LogP contribution is 2.36. The lowest BCUT2D eigenvalue weighted by atomic mass is 10.1. The summed E-state index contributed by atoms with van der Waals surface area (Å²) in [6.45, 7) is 0.840. The number of hydrogen-bond acceptors (Lipinski definition) is 4. The summed E-state index contributed by atoms with van der Waals surface area (Å²) in [5, 5.41) is 2.45. The standard InChI is InChI=1S/C22H20N2O3S/c25-21(13-20-22(26)23-18-10-4-5-11-19(18)28-20)24(15-17-9-6-12-27-17)14-16-7-2-1-3-8-16/h1-12,20H,13-15H2,(H,23,26). The number of furan rings is 1. The highest BCUT2D eigenvalue weighted by atomic mass is 32.2. The third-order valence-corrected chi connectivity index (χ3v) is 5.84. The van der Waals surface area contributed by atoms with Crippen molar-refractivity contribution < 1.29 is 14.0 Å². The minimum absolute atomic E-state index is 0.0766. The molecule has 1 aromatic heterocycles. The predicted molar refractivity (Wildman–Crippen MR) is 109 cm³/mol. The van der Waals surface area contributed by atoms with E-state index in [9.17, 15) is 9.59 Å². The van der Waals surface area contributed by atoms with Gasteiger partial charge < -0.3 is 14.6 Å². The van der Waals surface area contributed by atoms with Crippen LogP contribution in [0.5, 0.6) is 0 Å². The molecule has 1 aliphatic heterocycles. The van der Waals surface area contributed by atoms with Crippen LogP contribution < -0.4 is 5.32 Å². The summed E-state index contributed by atoms with van der Waals surface area (Å²) < 4.78 is 5.43. The van der Waals surface area contributed by atoms with Gasteiger partial charge in [0.1, 0.15) is 5.76 Å². The number of thioether (sulfide) groups is 1. The molecule has 2 amide bonds. The Kier molecular flexibility index (Phi) is 5.48. The molecule has 6 heteroatoms. The fourth-order valence-electron chi connectivity index (χ4n) is 3.14. The molecular weight excluding hydrogens is 372 g/mol. The van der Waals surface area contributed by atoms with Gasteiger partial charge in [0.25, 0.3) is 0 Å². The molecule has 3 aromatic rings. The minimum atomic E-state index is -0.447. The molecule has 0 bridgehead atoms. The van der Waals surface area contributed by atoms with Gasteiger partial charge in [0, 0.05) is 17.9 Å². The molecule has 4 rings (SSSR count). The number of para-hydroxylation sites is 1. The van der Waals surface area contributed by atoms with E-state index in [1.807, 2.05) is 66.7 Å². The molecule has 1 aliphatic rings. The highest BCUT2D eigenvalue weighted by Gasteiger charge is 2.30. The van der Waals surface area contributed by atoms with Crippen LogP contribution in [0.15, 0.2) is 82.3 Å². The summed E-state index contributed by atoms with van der Waals surface area (Å²) in [4.78, 5) is 28.3. The Bertz CT molecular complexity index is 957. The van der Waals surface area contributed by atoms with Gasteiger partial charge in [-0.05, 0) is 29.8 Å². The van der Waals surface area contributed by atoms with Crippen LogP contribution in [0.25, 0.3) is 0 Å². The number of amides is 2. The Labute approximate surface area is 167 Å². The molecule has 28 heavy (non-hydrogen) atoms. The number of fused-ring (bicyclic) bond motifs is 1. The van der Waals surface area contributed by atoms with Crippen LogP contribution in [0.1, 0.15) is 17.7 Å². The summed E-state index contributed by atoms with van der Waals surface area (Å²) in [5.41, 5.74) is 1.84. The average Bonchev–Trinajstić information content (AvgIpc) is 3.22. The predicted octanol–water partition coefficient (Wildman–Crippen LogP) is 4.31. The summed E-state index contributed by atoms with van der Waals surface area (Å²) in [7, 11) is 0. The highest BCUT2D eigenvalue weighted by molar-refractivity contribution is 8.01. The van der Waals surface area contributed by atoms with Gasteiger partial charge in [-0.2, -0.15) is 0 Å². The number of nitrogens with one attached hydrogen (secondary N) is 1. The lowest BCUT2D eigenvalue weighted by molar-refractivity contribution is -0.134. The SMILES string of the molecule is O=C1Nc2ccccc2SC1CC(=O)N(Cc1ccccc1)Cc1ccco1. The van der Waals surface area contributed by atoms with Gasteiger partial charge in [0.2, 0.25) is 11.8 Å². The Hall–Kier alpha value is -2.99. The van der Waals surface area contributed by atoms with E-state index in [4.69, 9.17) is 4.42 Å². The molecule has 0 saturated heterocycles. The molecule has 142 valence electrons. The number of rotatable bonds is 6. The van der Waals surface area contributed by atoms with Gasteiger partial charge in [-0.1, -0.05) is 42.5 Å². The van der Waals surface area contributed by atoms with Crippen LogP contribution in [0.2, 0.25) is 0 Å². The van der Waals surface area contributed by atoms with E-state index in [2.05, 4.69) is 5.32 Å². The number of carbonyl (C=O) groups is 2. The van der Waals surface area contributed by atoms with Crippen LogP contribution in [0.4, 0.5) is 5.69 Å². The molecule has 0 fully saturated rings. The van der Waals surface area contributed by atoms with Crippen LogP contribution in [0.3, 0.4) is 0 Å². The second-order valence-corrected chi connectivity index (χ2v) is 7.86. The second-order valence-electron chi connectivity index (χ2n) is 6.61. The van der Waals surface area contributed by atoms with Gasteiger partial charge in [-0.25, -0.2) is 0 Å². The zero-order valence-electron chi connectivity index (χ0n) is 15.2. The van der Waals surface area contributed by atoms with Gasteiger partial charge in [0.15, 0.2) is 0 Å². The number of hydrogen-bond donors (Lipinski definition) is 1. The van der Waals surface area contributed by atoms with Crippen molar-refractivity contribution >= 4 is 29.3 Å². The van der Waals surface area contributed by atoms with E-state index in [1.165, 1.54) is 11.8 Å². The van der Waals surface area contributed by atoms with E-state index in [-0.39, 0.29) is 18.2 Å². The monoisotopic (exact) mass is 392 g/mol. The zero-order valence-corrected chi connectivity index (χ0v) is 16.0. The quantitative estimate of drug-likeness (QED) is 0.679. The van der Waals surface area contributed by atoms with Crippen molar-refractivity contribution in [2.24, 2.45) is 0 Å². The van der Waals surface area contributed by atoms with Crippen molar-refractivity contribution in [3.63, 3.8) is 0 Å². The van der Waals surface area contributed by atoms with Crippen molar-refractivity contribution in [3.05, 3.63) is 84.3 Å². The molecule has 2 aromatic carbocycles. The fraction of sp³-hybridized carbons (Fsp3) is 0.182. The Balaban J connectivity index is 1.49. The molecule has 1 unspecified atom stereocenters. The maximum atomic E-state index is 13.1. The molecule has 5 nitrogen and oxygen atoms in total. The third kappa shape index (κ3) is 4.28. The number of carbonyl (C=O) groups excluding carboxylic acids is 2. The minimum Gasteiger partial charge on any atom is -0.467 e. The van der Waals surface area contributed by atoms with Crippen LogP contribution in [-0.2, 0) is 22.7 Å². The topological polar surface area (TPSA) is 62.6 Å². The molecule has 0 radical (unpaired) electrons. The normalized spacial score (nSPS) is 15.6. The summed E-state index contributed by atoms with van der Waals surface area (Å²) in [5.74, 6) is 0.511. The maximum absolute atomic E-state index is 13.1. The summed E-state index contributed by atoms with van der Waals surface area (Å²) in [6.07, 6.45) is 1.74. The molecule has 0 spiro atoms. The van der Waals surface area contributed by atoms with Crippen molar-refractivity contribution in [1.29, 1.82) is 0 Å². The van der Waals surface area contributed by atoms with Crippen molar-refractivity contribution in [3.8, 4) is 0 Å². The molecule has 1 atom stereocenters. The van der Waals surface area contributed by atoms with Crippen molar-refractivity contribution in [1.82, 2.24) is 4.90 Å². The van der Waals surface area contributed by atoms with Crippen LogP contribution in [-0.4, -0.2) is 22.0 Å². The molecule has 2 heterocycles. The molecule has 0 aliphatic carbocycles. The zero-order chi connectivity index (χ0) is 19.3. The first-order valence-corrected chi connectivity index (χ1v) is 9.97. The van der Waals surface area contributed by atoms with Crippen molar-refractivity contribution in [2.45, 2.75) is 29.7 Å². The Morgan fingerprint density at radius 1 is 1.00 bits per heavy atom. The van der Waals surface area contributed by atoms with Gasteiger partial charge >= 0.3 is 0 Å². The van der Waals surface area contributed by atoms with E-state index >= 15 is 0 Å². The number of benzene rings is 2. The van der Waals surface area contributed by atoms with E-state index in [0.717, 1.165) is 21.9 Å². The van der Waals surface area contributed by atoms with E-state index in [0.29, 0.717) is 13.1 Å². The van der Waals surface area contributed by atoms with Gasteiger partial charge in [-0.3, -0.25) is 9.59 Å². The second kappa shape index (κ2) is 8.35. The first kappa shape index (κ1) is 18.4. The molecular formula is C22H20N2O3S. The smallest absolute Gasteiger partial charge is 0.238 e. The van der Waals surface area contributed by atoms with Gasteiger partial charge in [-0.15, -0.1) is 11.8 Å². The lowest BCUT2D eigenvalue weighted by Gasteiger charge is -2.27. The lowest BCUT2D eigenvalue weighted by Crippen LogP contribution is -2.37. The number of nitrogens with zero attached hydrogens (tertiary/aromatic N) is 1. The van der Waals surface area contributed by atoms with Crippen LogP contribution in [0, 0.1) is 0 Å². The first-order chi connectivity index (χ1) is 13.7. The largest absolute Gasteiger partial charge is 0.467 e. The number of anilines is 1. The molecule has 0 saturated carbocycles. The fourth-order valence-corrected chi connectivity index (χ4v) is 4.24. The Morgan fingerprint density at radius 3 is 2.57 bits per heavy atom. The van der Waals surface area contributed by atoms with Crippen LogP contribution >= 0.6 is 11.8 Å². The molecule has 1 N–H and O–H groups in total. The van der Waals surface area contributed by atoms with E-state index < -0.39 is 5.25 Å². The van der Waals surface area contributed by atoms with Gasteiger partial charge in [0.05, 0.1) is 23.7 Å². The third-order valence-electron chi connectivity index (χ3n) is 4.56. The van der Waals surface area contributed by atoms with E-state index in [1.54, 1.807) is 11.2 Å². The summed E-state index contributed by atoms with van der Waals surface area (Å²) >= 11 is 1.44. The summed E-state index contributed by atoms with van der Waals surface area (Å²) in [6, 6.07) is 21.1. The maximum Gasteiger partial charge on any atom is 0.238 e.